The molecule has 0 atom stereocenters. The number of aromatic hydroxyl groups is 1. The second kappa shape index (κ2) is 3.76. The smallest absolute Gasteiger partial charge is 0.304 e. The maximum Gasteiger partial charge on any atom is 0.304 e. The largest absolute Gasteiger partial charge is 0.508 e. The Labute approximate surface area is 98.1 Å². The van der Waals surface area contributed by atoms with E-state index in [1.807, 2.05) is 13.8 Å². The molecule has 17 heavy (non-hydrogen) atoms. The monoisotopic (exact) mass is 234 g/mol. The fourth-order valence-corrected chi connectivity index (χ4v) is 1.78. The number of aromatic nitrogens is 2. The lowest BCUT2D eigenvalue weighted by molar-refractivity contribution is -0.138. The van der Waals surface area contributed by atoms with Crippen LogP contribution in [0.4, 0.5) is 0 Å². The lowest BCUT2D eigenvalue weighted by Gasteiger charge is -2.18. The molecule has 1 heterocycles. The molecule has 0 saturated carbocycles. The predicted molar refractivity (Wildman–Crippen MR) is 63.0 cm³/mol. The average Bonchev–Trinajstić information content (AvgIpc) is 2.58. The molecule has 1 aromatic heterocycles. The molecule has 90 valence electrons. The van der Waals surface area contributed by atoms with Gasteiger partial charge in [-0.2, -0.15) is 0 Å². The molecule has 2 rings (SSSR count). The third-order valence-corrected chi connectivity index (χ3v) is 2.70. The number of H-pyrrole nitrogens is 1. The van der Waals surface area contributed by atoms with Crippen LogP contribution in [0.2, 0.25) is 0 Å². The standard InChI is InChI=1S/C12H14N2O3/c1-12(2,6-10(16)17)11-13-8-4-3-7(15)5-9(8)14-11/h3-5,15H,6H2,1-2H3,(H,13,14)(H,16,17). The number of aliphatic carboxylic acids is 1. The summed E-state index contributed by atoms with van der Waals surface area (Å²) in [6.45, 7) is 3.64. The lowest BCUT2D eigenvalue weighted by atomic mass is 9.88. The van der Waals surface area contributed by atoms with Gasteiger partial charge in [0.1, 0.15) is 11.6 Å². The zero-order valence-corrected chi connectivity index (χ0v) is 9.69. The summed E-state index contributed by atoms with van der Waals surface area (Å²) in [5, 5.41) is 18.2. The van der Waals surface area contributed by atoms with E-state index >= 15 is 0 Å². The number of hydrogen-bond acceptors (Lipinski definition) is 3. The number of carboxylic acids is 1. The fourth-order valence-electron chi connectivity index (χ4n) is 1.78. The van der Waals surface area contributed by atoms with E-state index in [4.69, 9.17) is 5.11 Å². The minimum atomic E-state index is -0.863. The van der Waals surface area contributed by atoms with Gasteiger partial charge < -0.3 is 15.2 Å². The summed E-state index contributed by atoms with van der Waals surface area (Å²) in [7, 11) is 0. The van der Waals surface area contributed by atoms with Gasteiger partial charge in [0, 0.05) is 11.5 Å². The highest BCUT2D eigenvalue weighted by Gasteiger charge is 2.27. The van der Waals surface area contributed by atoms with Gasteiger partial charge in [0.25, 0.3) is 0 Å². The van der Waals surface area contributed by atoms with Crippen LogP contribution in [0.25, 0.3) is 11.0 Å². The average molecular weight is 234 g/mol. The predicted octanol–water partition coefficient (Wildman–Crippen LogP) is 2.02. The highest BCUT2D eigenvalue weighted by molar-refractivity contribution is 5.77. The first kappa shape index (κ1) is 11.4. The Morgan fingerprint density at radius 1 is 1.47 bits per heavy atom. The van der Waals surface area contributed by atoms with Gasteiger partial charge in [0.2, 0.25) is 0 Å². The summed E-state index contributed by atoms with van der Waals surface area (Å²) in [5.41, 5.74) is 0.857. The minimum Gasteiger partial charge on any atom is -0.508 e. The molecule has 0 aliphatic carbocycles. The summed E-state index contributed by atoms with van der Waals surface area (Å²) in [6, 6.07) is 4.82. The molecule has 0 radical (unpaired) electrons. The molecule has 0 spiro atoms. The van der Waals surface area contributed by atoms with Crippen LogP contribution >= 0.6 is 0 Å². The Morgan fingerprint density at radius 2 is 2.18 bits per heavy atom. The summed E-state index contributed by atoms with van der Waals surface area (Å²) in [4.78, 5) is 18.2. The second-order valence-electron chi connectivity index (χ2n) is 4.74. The number of carbonyl (C=O) groups is 1. The fraction of sp³-hybridized carbons (Fsp3) is 0.333. The Morgan fingerprint density at radius 3 is 2.82 bits per heavy atom. The van der Waals surface area contributed by atoms with Crippen molar-refractivity contribution in [3.8, 4) is 5.75 Å². The lowest BCUT2D eigenvalue weighted by Crippen LogP contribution is -2.23. The molecule has 0 fully saturated rings. The van der Waals surface area contributed by atoms with Gasteiger partial charge in [-0.05, 0) is 12.1 Å². The third kappa shape index (κ3) is 2.22. The van der Waals surface area contributed by atoms with Gasteiger partial charge in [-0.1, -0.05) is 13.8 Å². The van der Waals surface area contributed by atoms with Crippen molar-refractivity contribution < 1.29 is 15.0 Å². The van der Waals surface area contributed by atoms with Crippen LogP contribution in [0.1, 0.15) is 26.1 Å². The molecular formula is C12H14N2O3. The molecule has 0 saturated heterocycles. The number of fused-ring (bicyclic) bond motifs is 1. The van der Waals surface area contributed by atoms with E-state index in [0.717, 1.165) is 5.52 Å². The summed E-state index contributed by atoms with van der Waals surface area (Å²) in [6.07, 6.45) is -0.00119. The first-order chi connectivity index (χ1) is 7.88. The molecule has 0 unspecified atom stereocenters. The van der Waals surface area contributed by atoms with Gasteiger partial charge >= 0.3 is 5.97 Å². The van der Waals surface area contributed by atoms with Crippen molar-refractivity contribution in [2.24, 2.45) is 0 Å². The van der Waals surface area contributed by atoms with Crippen LogP contribution in [0.5, 0.6) is 5.75 Å². The summed E-state index contributed by atoms with van der Waals surface area (Å²) >= 11 is 0. The van der Waals surface area contributed by atoms with Gasteiger partial charge in [-0.3, -0.25) is 4.79 Å². The molecule has 5 heteroatoms. The van der Waals surface area contributed by atoms with Gasteiger partial charge in [-0.15, -0.1) is 0 Å². The van der Waals surface area contributed by atoms with Crippen LogP contribution < -0.4 is 0 Å². The van der Waals surface area contributed by atoms with E-state index in [0.29, 0.717) is 11.3 Å². The molecule has 0 aliphatic rings. The molecule has 0 amide bonds. The number of nitrogens with one attached hydrogen (secondary N) is 1. The number of imidazole rings is 1. The number of phenols is 1. The van der Waals surface area contributed by atoms with Gasteiger partial charge in [-0.25, -0.2) is 4.98 Å². The van der Waals surface area contributed by atoms with Crippen LogP contribution in [0.15, 0.2) is 18.2 Å². The highest BCUT2D eigenvalue weighted by Crippen LogP contribution is 2.27. The Kier molecular flexibility index (Phi) is 2.53. The molecular weight excluding hydrogens is 220 g/mol. The van der Waals surface area contributed by atoms with Crippen LogP contribution in [-0.2, 0) is 10.2 Å². The van der Waals surface area contributed by atoms with E-state index in [2.05, 4.69) is 9.97 Å². The third-order valence-electron chi connectivity index (χ3n) is 2.70. The van der Waals surface area contributed by atoms with E-state index in [9.17, 15) is 9.90 Å². The van der Waals surface area contributed by atoms with E-state index < -0.39 is 11.4 Å². The number of aromatic amines is 1. The van der Waals surface area contributed by atoms with Gasteiger partial charge in [0.05, 0.1) is 17.5 Å². The van der Waals surface area contributed by atoms with Crippen molar-refractivity contribution in [3.63, 3.8) is 0 Å². The van der Waals surface area contributed by atoms with E-state index in [-0.39, 0.29) is 12.2 Å². The normalized spacial score (nSPS) is 11.9. The van der Waals surface area contributed by atoms with Crippen molar-refractivity contribution in [3.05, 3.63) is 24.0 Å². The minimum absolute atomic E-state index is 0.00119. The Balaban J connectivity index is 2.45. The number of benzene rings is 1. The van der Waals surface area contributed by atoms with Crippen molar-refractivity contribution in [1.29, 1.82) is 0 Å². The molecule has 3 N–H and O–H groups in total. The molecule has 2 aromatic rings. The first-order valence-corrected chi connectivity index (χ1v) is 5.29. The molecule has 0 aliphatic heterocycles. The topological polar surface area (TPSA) is 86.2 Å². The second-order valence-corrected chi connectivity index (χ2v) is 4.74. The van der Waals surface area contributed by atoms with Crippen LogP contribution in [-0.4, -0.2) is 26.2 Å². The first-order valence-electron chi connectivity index (χ1n) is 5.29. The Bertz CT molecular complexity index is 572. The van der Waals surface area contributed by atoms with Crippen LogP contribution in [0, 0.1) is 0 Å². The zero-order valence-electron chi connectivity index (χ0n) is 9.69. The van der Waals surface area contributed by atoms with Crippen molar-refractivity contribution in [2.75, 3.05) is 0 Å². The quantitative estimate of drug-likeness (QED) is 0.758. The molecule has 1 aromatic carbocycles. The molecule has 5 nitrogen and oxygen atoms in total. The Hall–Kier alpha value is -2.04. The van der Waals surface area contributed by atoms with E-state index in [1.54, 1.807) is 18.2 Å². The van der Waals surface area contributed by atoms with Crippen LogP contribution in [0.3, 0.4) is 0 Å². The maximum atomic E-state index is 10.8. The summed E-state index contributed by atoms with van der Waals surface area (Å²) in [5.74, 6) is -0.0949. The maximum absolute atomic E-state index is 10.8. The molecule has 0 bridgehead atoms. The SMILES string of the molecule is CC(C)(CC(=O)O)c1nc2ccc(O)cc2[nH]1. The summed E-state index contributed by atoms with van der Waals surface area (Å²) < 4.78 is 0. The van der Waals surface area contributed by atoms with Crippen molar-refractivity contribution in [1.82, 2.24) is 9.97 Å². The number of carboxylic acid groups (broad SMARTS) is 1. The number of nitrogens with zero attached hydrogens (tertiary/aromatic N) is 1. The van der Waals surface area contributed by atoms with Crippen molar-refractivity contribution >= 4 is 17.0 Å². The number of phenolic OH excluding ortho intramolecular Hbond substituents is 1. The van der Waals surface area contributed by atoms with Crippen molar-refractivity contribution in [2.45, 2.75) is 25.7 Å². The highest BCUT2D eigenvalue weighted by atomic mass is 16.4. The zero-order chi connectivity index (χ0) is 12.6. The van der Waals surface area contributed by atoms with E-state index in [1.165, 1.54) is 0 Å². The number of rotatable bonds is 3. The van der Waals surface area contributed by atoms with Gasteiger partial charge in [0.15, 0.2) is 0 Å². The number of hydrogen-bond donors (Lipinski definition) is 3.